The number of nitrogens with one attached hydrogen (secondary N) is 1. The molecule has 0 spiro atoms. The molecule has 0 aliphatic carbocycles. The van der Waals surface area contributed by atoms with E-state index in [-0.39, 0.29) is 0 Å². The van der Waals surface area contributed by atoms with Crippen molar-refractivity contribution in [3.8, 4) is 11.5 Å². The highest BCUT2D eigenvalue weighted by Gasteiger charge is 2.20. The van der Waals surface area contributed by atoms with Crippen molar-refractivity contribution in [1.29, 1.82) is 0 Å². The Morgan fingerprint density at radius 2 is 2.17 bits per heavy atom. The summed E-state index contributed by atoms with van der Waals surface area (Å²) in [5.41, 5.74) is 1.17. The number of benzene rings is 1. The standard InChI is InChI=1S/C14H22N2O2/c1-16(12-6-7-15-9-12)10-11-8-13(17-2)4-5-14(11)18-3/h4-5,8,12,15H,6-7,9-10H2,1-3H3. The van der Waals surface area contributed by atoms with Gasteiger partial charge in [-0.05, 0) is 38.2 Å². The van der Waals surface area contributed by atoms with Crippen molar-refractivity contribution in [2.24, 2.45) is 0 Å². The van der Waals surface area contributed by atoms with Gasteiger partial charge in [-0.25, -0.2) is 0 Å². The van der Waals surface area contributed by atoms with Crippen LogP contribution in [-0.4, -0.2) is 45.3 Å². The molecule has 0 amide bonds. The first-order valence-corrected chi connectivity index (χ1v) is 6.36. The van der Waals surface area contributed by atoms with Gasteiger partial charge < -0.3 is 14.8 Å². The van der Waals surface area contributed by atoms with Crippen molar-refractivity contribution in [2.75, 3.05) is 34.4 Å². The molecule has 0 aromatic heterocycles. The van der Waals surface area contributed by atoms with E-state index < -0.39 is 0 Å². The maximum absolute atomic E-state index is 5.41. The summed E-state index contributed by atoms with van der Waals surface area (Å²) >= 11 is 0. The summed E-state index contributed by atoms with van der Waals surface area (Å²) in [6.07, 6.45) is 1.21. The van der Waals surface area contributed by atoms with Gasteiger partial charge in [0, 0.05) is 24.7 Å². The quantitative estimate of drug-likeness (QED) is 0.858. The van der Waals surface area contributed by atoms with Crippen molar-refractivity contribution >= 4 is 0 Å². The van der Waals surface area contributed by atoms with E-state index in [2.05, 4.69) is 23.3 Å². The van der Waals surface area contributed by atoms with Gasteiger partial charge in [0.1, 0.15) is 11.5 Å². The fourth-order valence-electron chi connectivity index (χ4n) is 2.42. The Morgan fingerprint density at radius 1 is 1.33 bits per heavy atom. The SMILES string of the molecule is COc1ccc(OC)c(CN(C)C2CCNC2)c1. The normalized spacial score (nSPS) is 19.2. The zero-order valence-electron chi connectivity index (χ0n) is 11.4. The maximum Gasteiger partial charge on any atom is 0.123 e. The van der Waals surface area contributed by atoms with Gasteiger partial charge in [-0.3, -0.25) is 4.90 Å². The first-order chi connectivity index (χ1) is 8.74. The van der Waals surface area contributed by atoms with Crippen LogP contribution >= 0.6 is 0 Å². The molecular formula is C14H22N2O2. The second kappa shape index (κ2) is 6.07. The molecule has 0 radical (unpaired) electrons. The van der Waals surface area contributed by atoms with Crippen molar-refractivity contribution in [3.05, 3.63) is 23.8 Å². The Morgan fingerprint density at radius 3 is 2.78 bits per heavy atom. The number of hydrogen-bond donors (Lipinski definition) is 1. The second-order valence-corrected chi connectivity index (χ2v) is 4.74. The summed E-state index contributed by atoms with van der Waals surface area (Å²) in [6, 6.07) is 6.56. The third-order valence-corrected chi connectivity index (χ3v) is 3.56. The molecule has 100 valence electrons. The Balaban J connectivity index is 2.10. The van der Waals surface area contributed by atoms with Gasteiger partial charge in [0.25, 0.3) is 0 Å². The summed E-state index contributed by atoms with van der Waals surface area (Å²) < 4.78 is 10.7. The highest BCUT2D eigenvalue weighted by molar-refractivity contribution is 5.40. The molecule has 4 nitrogen and oxygen atoms in total. The van der Waals surface area contributed by atoms with Gasteiger partial charge >= 0.3 is 0 Å². The van der Waals surface area contributed by atoms with Gasteiger partial charge in [-0.1, -0.05) is 0 Å². The molecule has 0 saturated carbocycles. The number of methoxy groups -OCH3 is 2. The van der Waals surface area contributed by atoms with Crippen LogP contribution in [0, 0.1) is 0 Å². The topological polar surface area (TPSA) is 33.7 Å². The average molecular weight is 250 g/mol. The molecule has 1 saturated heterocycles. The molecule has 1 unspecified atom stereocenters. The van der Waals surface area contributed by atoms with Crippen LogP contribution < -0.4 is 14.8 Å². The molecule has 2 rings (SSSR count). The highest BCUT2D eigenvalue weighted by Crippen LogP contribution is 2.25. The molecule has 1 aromatic carbocycles. The summed E-state index contributed by atoms with van der Waals surface area (Å²) in [5, 5.41) is 3.39. The van der Waals surface area contributed by atoms with E-state index in [1.807, 2.05) is 12.1 Å². The van der Waals surface area contributed by atoms with Crippen molar-refractivity contribution in [1.82, 2.24) is 10.2 Å². The Labute approximate surface area is 109 Å². The van der Waals surface area contributed by atoms with Gasteiger partial charge in [0.15, 0.2) is 0 Å². The van der Waals surface area contributed by atoms with E-state index in [1.165, 1.54) is 12.0 Å². The fraction of sp³-hybridized carbons (Fsp3) is 0.571. The van der Waals surface area contributed by atoms with Gasteiger partial charge in [0.05, 0.1) is 14.2 Å². The Kier molecular flexibility index (Phi) is 4.44. The van der Waals surface area contributed by atoms with Crippen molar-refractivity contribution < 1.29 is 9.47 Å². The first kappa shape index (κ1) is 13.2. The lowest BCUT2D eigenvalue weighted by Gasteiger charge is -2.24. The minimum absolute atomic E-state index is 0.612. The summed E-state index contributed by atoms with van der Waals surface area (Å²) in [5.74, 6) is 1.80. The van der Waals surface area contributed by atoms with Gasteiger partial charge in [-0.2, -0.15) is 0 Å². The number of hydrogen-bond acceptors (Lipinski definition) is 4. The summed E-state index contributed by atoms with van der Waals surface area (Å²) in [4.78, 5) is 2.37. The van der Waals surface area contributed by atoms with E-state index in [9.17, 15) is 0 Å². The predicted molar refractivity (Wildman–Crippen MR) is 72.3 cm³/mol. The highest BCUT2D eigenvalue weighted by atomic mass is 16.5. The minimum atomic E-state index is 0.612. The van der Waals surface area contributed by atoms with E-state index in [0.717, 1.165) is 31.1 Å². The van der Waals surface area contributed by atoms with E-state index >= 15 is 0 Å². The number of ether oxygens (including phenoxy) is 2. The molecule has 1 N–H and O–H groups in total. The molecule has 1 aromatic rings. The molecular weight excluding hydrogens is 228 g/mol. The Bertz CT molecular complexity index is 389. The van der Waals surface area contributed by atoms with Crippen LogP contribution in [0.1, 0.15) is 12.0 Å². The van der Waals surface area contributed by atoms with Crippen LogP contribution in [-0.2, 0) is 6.54 Å². The fourth-order valence-corrected chi connectivity index (χ4v) is 2.42. The number of likely N-dealkylation sites (N-methyl/N-ethyl adjacent to an activating group) is 1. The third-order valence-electron chi connectivity index (χ3n) is 3.56. The minimum Gasteiger partial charge on any atom is -0.497 e. The van der Waals surface area contributed by atoms with Crippen LogP contribution in [0.25, 0.3) is 0 Å². The second-order valence-electron chi connectivity index (χ2n) is 4.74. The summed E-state index contributed by atoms with van der Waals surface area (Å²) in [7, 11) is 5.56. The molecule has 1 aliphatic rings. The van der Waals surface area contributed by atoms with Crippen LogP contribution in [0.3, 0.4) is 0 Å². The smallest absolute Gasteiger partial charge is 0.123 e. The van der Waals surface area contributed by atoms with Gasteiger partial charge in [-0.15, -0.1) is 0 Å². The molecule has 1 heterocycles. The molecule has 1 atom stereocenters. The van der Waals surface area contributed by atoms with E-state index in [0.29, 0.717) is 6.04 Å². The molecule has 4 heteroatoms. The van der Waals surface area contributed by atoms with E-state index in [1.54, 1.807) is 14.2 Å². The number of rotatable bonds is 5. The Hall–Kier alpha value is -1.26. The lowest BCUT2D eigenvalue weighted by molar-refractivity contribution is 0.244. The average Bonchev–Trinajstić information content (AvgIpc) is 2.92. The zero-order chi connectivity index (χ0) is 13.0. The van der Waals surface area contributed by atoms with Crippen molar-refractivity contribution in [2.45, 2.75) is 19.0 Å². The predicted octanol–water partition coefficient (Wildman–Crippen LogP) is 1.50. The molecule has 18 heavy (non-hydrogen) atoms. The lowest BCUT2D eigenvalue weighted by atomic mass is 10.1. The first-order valence-electron chi connectivity index (χ1n) is 6.36. The lowest BCUT2D eigenvalue weighted by Crippen LogP contribution is -2.32. The monoisotopic (exact) mass is 250 g/mol. The molecule has 1 aliphatic heterocycles. The van der Waals surface area contributed by atoms with Crippen LogP contribution in [0.5, 0.6) is 11.5 Å². The van der Waals surface area contributed by atoms with Crippen molar-refractivity contribution in [3.63, 3.8) is 0 Å². The van der Waals surface area contributed by atoms with Crippen LogP contribution in [0.2, 0.25) is 0 Å². The van der Waals surface area contributed by atoms with E-state index in [4.69, 9.17) is 9.47 Å². The van der Waals surface area contributed by atoms with Gasteiger partial charge in [0.2, 0.25) is 0 Å². The van der Waals surface area contributed by atoms with Crippen LogP contribution in [0.4, 0.5) is 0 Å². The summed E-state index contributed by atoms with van der Waals surface area (Å²) in [6.45, 7) is 3.07. The zero-order valence-corrected chi connectivity index (χ0v) is 11.4. The van der Waals surface area contributed by atoms with Crippen LogP contribution in [0.15, 0.2) is 18.2 Å². The molecule has 0 bridgehead atoms. The maximum atomic E-state index is 5.41. The molecule has 1 fully saturated rings. The third kappa shape index (κ3) is 2.94. The largest absolute Gasteiger partial charge is 0.497 e. The number of nitrogens with zero attached hydrogens (tertiary/aromatic N) is 1.